The molecule has 3 rings (SSSR count). The standard InChI is InChI=1S/C21H24N2O7S/c1-22(17-6-8-18(28-2)9-7-17)31(26,27)19-5-3-4-16(14-19)21(25)30-15-20(24)23-10-12-29-13-11-23/h3-9,14H,10-13,15H2,1-2H3. The molecule has 1 heterocycles. The molecule has 0 bridgehead atoms. The number of anilines is 1. The maximum absolute atomic E-state index is 13.0. The summed E-state index contributed by atoms with van der Waals surface area (Å²) in [6.45, 7) is 1.37. The molecule has 10 heteroatoms. The Bertz CT molecular complexity index is 1030. The molecular formula is C21H24N2O7S. The highest BCUT2D eigenvalue weighted by Crippen LogP contribution is 2.25. The quantitative estimate of drug-likeness (QED) is 0.592. The van der Waals surface area contributed by atoms with Gasteiger partial charge in [-0.25, -0.2) is 13.2 Å². The Balaban J connectivity index is 1.70. The number of hydrogen-bond donors (Lipinski definition) is 0. The van der Waals surface area contributed by atoms with Crippen LogP contribution in [0.5, 0.6) is 5.75 Å². The first-order valence-corrected chi connectivity index (χ1v) is 11.0. The molecule has 0 aromatic heterocycles. The van der Waals surface area contributed by atoms with Crippen LogP contribution in [0.1, 0.15) is 10.4 Å². The Morgan fingerprint density at radius 1 is 1.10 bits per heavy atom. The number of carbonyl (C=O) groups is 2. The smallest absolute Gasteiger partial charge is 0.338 e. The van der Waals surface area contributed by atoms with Gasteiger partial charge in [-0.3, -0.25) is 9.10 Å². The topological polar surface area (TPSA) is 102 Å². The summed E-state index contributed by atoms with van der Waals surface area (Å²) in [5.74, 6) is -0.489. The van der Waals surface area contributed by atoms with E-state index in [0.717, 1.165) is 4.31 Å². The van der Waals surface area contributed by atoms with Crippen molar-refractivity contribution in [1.82, 2.24) is 4.90 Å². The summed E-state index contributed by atoms with van der Waals surface area (Å²) < 4.78 is 42.5. The molecule has 0 atom stereocenters. The first-order chi connectivity index (χ1) is 14.8. The van der Waals surface area contributed by atoms with Crippen LogP contribution in [0.3, 0.4) is 0 Å². The maximum Gasteiger partial charge on any atom is 0.338 e. The summed E-state index contributed by atoms with van der Waals surface area (Å²) in [6, 6.07) is 12.1. The van der Waals surface area contributed by atoms with Crippen molar-refractivity contribution in [3.63, 3.8) is 0 Å². The van der Waals surface area contributed by atoms with Crippen molar-refractivity contribution < 1.29 is 32.2 Å². The number of rotatable bonds is 7. The summed E-state index contributed by atoms with van der Waals surface area (Å²) in [6.07, 6.45) is 0. The molecule has 2 aromatic carbocycles. The number of hydrogen-bond acceptors (Lipinski definition) is 7. The fourth-order valence-electron chi connectivity index (χ4n) is 2.99. The number of morpholine rings is 1. The number of amides is 1. The normalized spacial score (nSPS) is 14.1. The summed E-state index contributed by atoms with van der Waals surface area (Å²) >= 11 is 0. The van der Waals surface area contributed by atoms with Crippen molar-refractivity contribution >= 4 is 27.6 Å². The molecule has 0 unspecified atom stereocenters. The Kier molecular flexibility index (Phi) is 7.13. The van der Waals surface area contributed by atoms with Gasteiger partial charge in [-0.15, -0.1) is 0 Å². The lowest BCUT2D eigenvalue weighted by molar-refractivity contribution is -0.138. The van der Waals surface area contributed by atoms with Crippen LogP contribution in [0.25, 0.3) is 0 Å². The third-order valence-corrected chi connectivity index (χ3v) is 6.64. The summed E-state index contributed by atoms with van der Waals surface area (Å²) in [7, 11) is -0.978. The number of carbonyl (C=O) groups excluding carboxylic acids is 2. The van der Waals surface area contributed by atoms with Crippen LogP contribution < -0.4 is 9.04 Å². The molecule has 1 aliphatic heterocycles. The van der Waals surface area contributed by atoms with Crippen LogP contribution in [-0.2, 0) is 24.3 Å². The second kappa shape index (κ2) is 9.80. The molecular weight excluding hydrogens is 424 g/mol. The third kappa shape index (κ3) is 5.33. The highest BCUT2D eigenvalue weighted by Gasteiger charge is 2.24. The van der Waals surface area contributed by atoms with E-state index in [4.69, 9.17) is 14.2 Å². The first-order valence-electron chi connectivity index (χ1n) is 9.58. The van der Waals surface area contributed by atoms with Crippen molar-refractivity contribution in [3.8, 4) is 5.75 Å². The Labute approximate surface area is 181 Å². The minimum absolute atomic E-state index is 0.0407. The molecule has 1 amide bonds. The molecule has 0 radical (unpaired) electrons. The first kappa shape index (κ1) is 22.6. The van der Waals surface area contributed by atoms with Gasteiger partial charge in [0.15, 0.2) is 6.61 Å². The van der Waals surface area contributed by atoms with E-state index >= 15 is 0 Å². The van der Waals surface area contributed by atoms with Crippen LogP contribution in [0.2, 0.25) is 0 Å². The zero-order valence-electron chi connectivity index (χ0n) is 17.3. The van der Waals surface area contributed by atoms with Crippen LogP contribution in [0.4, 0.5) is 5.69 Å². The van der Waals surface area contributed by atoms with Gasteiger partial charge in [0.05, 0.1) is 36.5 Å². The Morgan fingerprint density at radius 2 is 1.77 bits per heavy atom. The van der Waals surface area contributed by atoms with Crippen molar-refractivity contribution in [2.45, 2.75) is 4.90 Å². The molecule has 1 saturated heterocycles. The van der Waals surface area contributed by atoms with Crippen molar-refractivity contribution in [1.29, 1.82) is 0 Å². The molecule has 166 valence electrons. The minimum Gasteiger partial charge on any atom is -0.497 e. The van der Waals surface area contributed by atoms with Gasteiger partial charge in [-0.1, -0.05) is 6.07 Å². The SMILES string of the molecule is COc1ccc(N(C)S(=O)(=O)c2cccc(C(=O)OCC(=O)N3CCOCC3)c2)cc1. The van der Waals surface area contributed by atoms with Gasteiger partial charge in [0.1, 0.15) is 5.75 Å². The lowest BCUT2D eigenvalue weighted by Gasteiger charge is -2.26. The number of benzene rings is 2. The molecule has 0 saturated carbocycles. The molecule has 0 N–H and O–H groups in total. The molecule has 1 aliphatic rings. The van der Waals surface area contributed by atoms with E-state index in [2.05, 4.69) is 0 Å². The number of methoxy groups -OCH3 is 1. The second-order valence-electron chi connectivity index (χ2n) is 6.77. The van der Waals surface area contributed by atoms with Gasteiger partial charge >= 0.3 is 5.97 Å². The van der Waals surface area contributed by atoms with Gasteiger partial charge in [-0.05, 0) is 42.5 Å². The summed E-state index contributed by atoms with van der Waals surface area (Å²) in [5.41, 5.74) is 0.476. The predicted molar refractivity (Wildman–Crippen MR) is 113 cm³/mol. The number of ether oxygens (including phenoxy) is 3. The van der Waals surface area contributed by atoms with Gasteiger partial charge in [-0.2, -0.15) is 0 Å². The highest BCUT2D eigenvalue weighted by molar-refractivity contribution is 7.92. The van der Waals surface area contributed by atoms with E-state index in [9.17, 15) is 18.0 Å². The molecule has 0 aliphatic carbocycles. The highest BCUT2D eigenvalue weighted by atomic mass is 32.2. The van der Waals surface area contributed by atoms with Gasteiger partial charge in [0.25, 0.3) is 15.9 Å². The number of nitrogens with zero attached hydrogens (tertiary/aromatic N) is 2. The number of sulfonamides is 1. The summed E-state index contributed by atoms with van der Waals surface area (Å²) in [5, 5.41) is 0. The van der Waals surface area contributed by atoms with Crippen LogP contribution in [0.15, 0.2) is 53.4 Å². The van der Waals surface area contributed by atoms with E-state index in [1.807, 2.05) is 0 Å². The Hall–Kier alpha value is -3.11. The molecule has 0 spiro atoms. The average Bonchev–Trinajstić information content (AvgIpc) is 2.82. The largest absolute Gasteiger partial charge is 0.497 e. The van der Waals surface area contributed by atoms with Gasteiger partial charge in [0, 0.05) is 20.1 Å². The fourth-order valence-corrected chi connectivity index (χ4v) is 4.23. The van der Waals surface area contributed by atoms with E-state index < -0.39 is 22.6 Å². The lowest BCUT2D eigenvalue weighted by Crippen LogP contribution is -2.42. The monoisotopic (exact) mass is 448 g/mol. The zero-order chi connectivity index (χ0) is 22.4. The van der Waals surface area contributed by atoms with Crippen LogP contribution in [0, 0.1) is 0 Å². The average molecular weight is 448 g/mol. The summed E-state index contributed by atoms with van der Waals surface area (Å²) in [4.78, 5) is 26.0. The van der Waals surface area contributed by atoms with Crippen molar-refractivity contribution in [3.05, 3.63) is 54.1 Å². The maximum atomic E-state index is 13.0. The van der Waals surface area contributed by atoms with E-state index in [-0.39, 0.29) is 16.4 Å². The molecule has 9 nitrogen and oxygen atoms in total. The fraction of sp³-hybridized carbons (Fsp3) is 0.333. The van der Waals surface area contributed by atoms with Crippen LogP contribution in [-0.4, -0.2) is 72.3 Å². The van der Waals surface area contributed by atoms with Crippen molar-refractivity contribution in [2.75, 3.05) is 51.4 Å². The van der Waals surface area contributed by atoms with E-state index in [0.29, 0.717) is 37.7 Å². The van der Waals surface area contributed by atoms with Gasteiger partial charge in [0.2, 0.25) is 0 Å². The van der Waals surface area contributed by atoms with Gasteiger partial charge < -0.3 is 19.1 Å². The van der Waals surface area contributed by atoms with E-state index in [1.165, 1.54) is 38.4 Å². The second-order valence-corrected chi connectivity index (χ2v) is 8.74. The van der Waals surface area contributed by atoms with Crippen LogP contribution >= 0.6 is 0 Å². The molecule has 1 fully saturated rings. The van der Waals surface area contributed by atoms with Crippen molar-refractivity contribution in [2.24, 2.45) is 0 Å². The van der Waals surface area contributed by atoms with E-state index in [1.54, 1.807) is 29.2 Å². The third-order valence-electron chi connectivity index (χ3n) is 4.85. The zero-order valence-corrected chi connectivity index (χ0v) is 18.1. The molecule has 31 heavy (non-hydrogen) atoms. The Morgan fingerprint density at radius 3 is 2.42 bits per heavy atom. The number of esters is 1. The minimum atomic E-state index is -3.92. The lowest BCUT2D eigenvalue weighted by atomic mass is 10.2. The predicted octanol–water partition coefficient (Wildman–Crippen LogP) is 1.54. The molecule has 2 aromatic rings.